The van der Waals surface area contributed by atoms with E-state index in [9.17, 15) is 4.79 Å². The topological polar surface area (TPSA) is 46.5 Å². The van der Waals surface area contributed by atoms with Crippen LogP contribution in [0.25, 0.3) is 0 Å². The molecule has 94 valence electrons. The third-order valence-electron chi connectivity index (χ3n) is 2.61. The molecule has 1 rings (SSSR count). The second kappa shape index (κ2) is 4.53. The van der Waals surface area contributed by atoms with Crippen LogP contribution in [-0.2, 0) is 4.79 Å². The van der Waals surface area contributed by atoms with Crippen molar-refractivity contribution in [2.45, 2.75) is 39.1 Å². The summed E-state index contributed by atoms with van der Waals surface area (Å²) in [6, 6.07) is 7.75. The molecule has 17 heavy (non-hydrogen) atoms. The van der Waals surface area contributed by atoms with Crippen LogP contribution in [-0.4, -0.2) is 24.8 Å². The molecule has 4 heteroatoms. The van der Waals surface area contributed by atoms with E-state index < -0.39 is 19.6 Å². The summed E-state index contributed by atoms with van der Waals surface area (Å²) in [5.41, 5.74) is -1.19. The molecule has 0 fully saturated rings. The fraction of sp³-hybridized carbons (Fsp3) is 0.462. The Morgan fingerprint density at radius 1 is 1.18 bits per heavy atom. The van der Waals surface area contributed by atoms with E-state index in [0.717, 1.165) is 0 Å². The quantitative estimate of drug-likeness (QED) is 0.837. The molecule has 0 heterocycles. The van der Waals surface area contributed by atoms with Gasteiger partial charge in [0.1, 0.15) is 5.75 Å². The van der Waals surface area contributed by atoms with E-state index in [-0.39, 0.29) is 0 Å². The first-order chi connectivity index (χ1) is 7.63. The van der Waals surface area contributed by atoms with Crippen molar-refractivity contribution in [3.05, 3.63) is 24.3 Å². The van der Waals surface area contributed by atoms with Gasteiger partial charge in [-0.15, -0.1) is 0 Å². The number of hydrogen-bond acceptors (Lipinski definition) is 2. The average molecular weight is 252 g/mol. The van der Waals surface area contributed by atoms with Gasteiger partial charge in [-0.3, -0.25) is 0 Å². The monoisotopic (exact) mass is 252 g/mol. The van der Waals surface area contributed by atoms with E-state index in [0.29, 0.717) is 5.75 Å². The molecule has 0 unspecified atom stereocenters. The Bertz CT molecular complexity index is 402. The zero-order valence-corrected chi connectivity index (χ0v) is 12.1. The highest BCUT2D eigenvalue weighted by molar-refractivity contribution is 6.88. The summed E-state index contributed by atoms with van der Waals surface area (Å²) in [6.45, 7) is 9.89. The van der Waals surface area contributed by atoms with Gasteiger partial charge < -0.3 is 9.84 Å². The lowest BCUT2D eigenvalue weighted by atomic mass is 10.1. The van der Waals surface area contributed by atoms with E-state index in [2.05, 4.69) is 19.6 Å². The van der Waals surface area contributed by atoms with Crippen molar-refractivity contribution in [3.63, 3.8) is 0 Å². The van der Waals surface area contributed by atoms with Crippen LogP contribution in [0.15, 0.2) is 24.3 Å². The van der Waals surface area contributed by atoms with Crippen LogP contribution in [0, 0.1) is 0 Å². The molecule has 0 atom stereocenters. The number of carboxylic acids is 1. The lowest BCUT2D eigenvalue weighted by Crippen LogP contribution is -2.39. The molecule has 3 nitrogen and oxygen atoms in total. The highest BCUT2D eigenvalue weighted by Crippen LogP contribution is 2.18. The Kier molecular flexibility index (Phi) is 3.67. The number of ether oxygens (including phenoxy) is 1. The second-order valence-corrected chi connectivity index (χ2v) is 10.8. The maximum absolute atomic E-state index is 10.9. The number of hydrogen-bond donors (Lipinski definition) is 1. The molecule has 1 aromatic carbocycles. The predicted octanol–water partition coefficient (Wildman–Crippen LogP) is 2.47. The second-order valence-electron chi connectivity index (χ2n) is 5.69. The first kappa shape index (κ1) is 13.8. The molecule has 0 radical (unpaired) electrons. The van der Waals surface area contributed by atoms with Crippen molar-refractivity contribution in [1.82, 2.24) is 0 Å². The zero-order valence-electron chi connectivity index (χ0n) is 11.1. The number of benzene rings is 1. The Balaban J connectivity index is 2.86. The molecule has 1 aromatic rings. The molecule has 0 aromatic heterocycles. The number of rotatable bonds is 4. The van der Waals surface area contributed by atoms with Gasteiger partial charge in [-0.25, -0.2) is 4.79 Å². The van der Waals surface area contributed by atoms with Gasteiger partial charge in [-0.05, 0) is 26.0 Å². The van der Waals surface area contributed by atoms with Crippen molar-refractivity contribution >= 4 is 19.2 Å². The van der Waals surface area contributed by atoms with Gasteiger partial charge in [0, 0.05) is 0 Å². The van der Waals surface area contributed by atoms with E-state index in [1.807, 2.05) is 24.3 Å². The van der Waals surface area contributed by atoms with E-state index in [1.54, 1.807) is 13.8 Å². The summed E-state index contributed by atoms with van der Waals surface area (Å²) in [4.78, 5) is 10.9. The van der Waals surface area contributed by atoms with Crippen LogP contribution in [0.3, 0.4) is 0 Å². The molecule has 0 amide bonds. The van der Waals surface area contributed by atoms with E-state index in [4.69, 9.17) is 9.84 Å². The van der Waals surface area contributed by atoms with Crippen molar-refractivity contribution in [3.8, 4) is 5.75 Å². The maximum atomic E-state index is 10.9. The van der Waals surface area contributed by atoms with Crippen LogP contribution in [0.2, 0.25) is 19.6 Å². The Morgan fingerprint density at radius 2 is 1.65 bits per heavy atom. The molecular weight excluding hydrogens is 232 g/mol. The summed E-state index contributed by atoms with van der Waals surface area (Å²) in [5, 5.41) is 10.3. The molecule has 0 spiro atoms. The predicted molar refractivity (Wildman–Crippen MR) is 71.8 cm³/mol. The van der Waals surface area contributed by atoms with Crippen molar-refractivity contribution in [1.29, 1.82) is 0 Å². The minimum absolute atomic E-state index is 0.597. The molecule has 0 aliphatic carbocycles. The summed E-state index contributed by atoms with van der Waals surface area (Å²) in [5.74, 6) is -0.369. The Labute approximate surface area is 103 Å². The molecule has 1 N–H and O–H groups in total. The van der Waals surface area contributed by atoms with Crippen LogP contribution in [0.5, 0.6) is 5.75 Å². The summed E-state index contributed by atoms with van der Waals surface area (Å²) < 4.78 is 5.45. The fourth-order valence-corrected chi connectivity index (χ4v) is 2.53. The van der Waals surface area contributed by atoms with E-state index in [1.165, 1.54) is 5.19 Å². The molecule has 0 bridgehead atoms. The Hall–Kier alpha value is -1.29. The smallest absolute Gasteiger partial charge is 0.347 e. The molecule has 0 saturated heterocycles. The van der Waals surface area contributed by atoms with Crippen molar-refractivity contribution < 1.29 is 14.6 Å². The maximum Gasteiger partial charge on any atom is 0.347 e. The highest BCUT2D eigenvalue weighted by Gasteiger charge is 2.29. The van der Waals surface area contributed by atoms with Gasteiger partial charge >= 0.3 is 5.97 Å². The average Bonchev–Trinajstić information content (AvgIpc) is 2.16. The molecular formula is C13H20O3Si. The molecule has 0 aliphatic heterocycles. The first-order valence-electron chi connectivity index (χ1n) is 5.66. The van der Waals surface area contributed by atoms with Gasteiger partial charge in [0.05, 0.1) is 8.07 Å². The SMILES string of the molecule is CC(C)(Oc1ccc([Si](C)(C)C)cc1)C(=O)O. The number of carboxylic acid groups (broad SMARTS) is 1. The van der Waals surface area contributed by atoms with Gasteiger partial charge in [-0.2, -0.15) is 0 Å². The summed E-state index contributed by atoms with van der Waals surface area (Å²) in [7, 11) is -1.31. The highest BCUT2D eigenvalue weighted by atomic mass is 28.3. The largest absolute Gasteiger partial charge is 0.478 e. The molecule has 0 saturated carbocycles. The minimum Gasteiger partial charge on any atom is -0.478 e. The zero-order chi connectivity index (χ0) is 13.3. The third-order valence-corrected chi connectivity index (χ3v) is 4.67. The van der Waals surface area contributed by atoms with Crippen LogP contribution in [0.1, 0.15) is 13.8 Å². The minimum atomic E-state index is -1.31. The van der Waals surface area contributed by atoms with Crippen LogP contribution < -0.4 is 9.92 Å². The lowest BCUT2D eigenvalue weighted by Gasteiger charge is -2.22. The van der Waals surface area contributed by atoms with Gasteiger partial charge in [0.15, 0.2) is 5.60 Å². The lowest BCUT2D eigenvalue weighted by molar-refractivity contribution is -0.152. The number of aliphatic carboxylic acids is 1. The third kappa shape index (κ3) is 3.59. The fourth-order valence-electron chi connectivity index (χ4n) is 1.36. The standard InChI is InChI=1S/C13H20O3Si/c1-13(2,12(14)15)16-10-6-8-11(9-7-10)17(3,4)5/h6-9H,1-5H3,(H,14,15). The summed E-state index contributed by atoms with van der Waals surface area (Å²) in [6.07, 6.45) is 0. The van der Waals surface area contributed by atoms with E-state index >= 15 is 0 Å². The van der Waals surface area contributed by atoms with Crippen molar-refractivity contribution in [2.24, 2.45) is 0 Å². The molecule has 0 aliphatic rings. The van der Waals surface area contributed by atoms with Crippen LogP contribution >= 0.6 is 0 Å². The van der Waals surface area contributed by atoms with Crippen LogP contribution in [0.4, 0.5) is 0 Å². The van der Waals surface area contributed by atoms with Crippen molar-refractivity contribution in [2.75, 3.05) is 0 Å². The summed E-state index contributed by atoms with van der Waals surface area (Å²) >= 11 is 0. The van der Waals surface area contributed by atoms with Gasteiger partial charge in [-0.1, -0.05) is 37.0 Å². The Morgan fingerprint density at radius 3 is 2.00 bits per heavy atom. The number of carbonyl (C=O) groups is 1. The van der Waals surface area contributed by atoms with Gasteiger partial charge in [0.2, 0.25) is 0 Å². The first-order valence-corrected chi connectivity index (χ1v) is 9.16. The van der Waals surface area contributed by atoms with Gasteiger partial charge in [0.25, 0.3) is 0 Å². The normalized spacial score (nSPS) is 12.3.